The lowest BCUT2D eigenvalue weighted by molar-refractivity contribution is -0.124. The number of nitrogens with one attached hydrogen (secondary N) is 3. The van der Waals surface area contributed by atoms with Crippen LogP contribution in [0.25, 0.3) is 10.9 Å². The first-order valence-corrected chi connectivity index (χ1v) is 8.18. The van der Waals surface area contributed by atoms with Gasteiger partial charge in [-0.15, -0.1) is 0 Å². The second-order valence-electron chi connectivity index (χ2n) is 6.22. The van der Waals surface area contributed by atoms with Gasteiger partial charge in [0.2, 0.25) is 5.91 Å². The minimum absolute atomic E-state index is 0.00213. The van der Waals surface area contributed by atoms with Crippen LogP contribution in [0.4, 0.5) is 0 Å². The summed E-state index contributed by atoms with van der Waals surface area (Å²) in [4.78, 5) is 15.9. The van der Waals surface area contributed by atoms with E-state index in [0.717, 1.165) is 6.42 Å². The number of aliphatic imine (C=N–C) groups is 1. The minimum Gasteiger partial charge on any atom is -0.370 e. The van der Waals surface area contributed by atoms with Crippen molar-refractivity contribution >= 4 is 22.8 Å². The van der Waals surface area contributed by atoms with Gasteiger partial charge in [0.15, 0.2) is 12.2 Å². The van der Waals surface area contributed by atoms with Crippen LogP contribution in [0.2, 0.25) is 0 Å². The van der Waals surface area contributed by atoms with Crippen LogP contribution in [0, 0.1) is 0 Å². The topological polar surface area (TPSA) is 96.5 Å². The highest BCUT2D eigenvalue weighted by molar-refractivity contribution is 5.84. The molecule has 0 radical (unpaired) electrons. The van der Waals surface area contributed by atoms with Gasteiger partial charge >= 0.3 is 0 Å². The number of hydrogen-bond donors (Lipinski definition) is 4. The Bertz CT molecular complexity index is 766. The smallest absolute Gasteiger partial charge is 0.224 e. The number of aryl methyl sites for hydroxylation is 1. The van der Waals surface area contributed by atoms with Crippen molar-refractivity contribution in [2.45, 2.75) is 32.1 Å². The molecule has 0 bridgehead atoms. The summed E-state index contributed by atoms with van der Waals surface area (Å²) in [6, 6.07) is 8.43. The van der Waals surface area contributed by atoms with Crippen LogP contribution in [0.3, 0.4) is 0 Å². The van der Waals surface area contributed by atoms with Crippen LogP contribution in [-0.2, 0) is 18.3 Å². The number of aromatic nitrogens is 1. The molecule has 7 nitrogen and oxygen atoms in total. The Morgan fingerprint density at radius 3 is 3.04 bits per heavy atom. The molecule has 24 heavy (non-hydrogen) atoms. The molecule has 1 amide bonds. The van der Waals surface area contributed by atoms with Crippen molar-refractivity contribution in [2.75, 3.05) is 6.54 Å². The SMILES string of the molecule is CC1CC(=O)NC(NC(N)=NCCc2cn(C)c3ccccc23)N1. The standard InChI is InChI=1S/C17H24N6O/c1-11-9-15(24)21-17(20-11)22-16(18)19-8-7-12-10-23(2)14-6-4-3-5-13(12)14/h3-6,10-11,17,20H,7-9H2,1-2H3,(H,21,24)(H3,18,19,22). The average molecular weight is 328 g/mol. The molecule has 0 spiro atoms. The Kier molecular flexibility index (Phi) is 4.71. The zero-order chi connectivity index (χ0) is 17.1. The van der Waals surface area contributed by atoms with E-state index >= 15 is 0 Å². The first-order chi connectivity index (χ1) is 11.5. The Labute approximate surface area is 141 Å². The number of guanidine groups is 1. The van der Waals surface area contributed by atoms with Crippen molar-refractivity contribution in [3.05, 3.63) is 36.0 Å². The molecule has 7 heteroatoms. The highest BCUT2D eigenvalue weighted by Gasteiger charge is 2.22. The lowest BCUT2D eigenvalue weighted by atomic mass is 10.1. The number of carbonyl (C=O) groups excluding carboxylic acids is 1. The normalized spacial score (nSPS) is 21.8. The minimum atomic E-state index is -0.373. The van der Waals surface area contributed by atoms with Gasteiger partial charge in [0, 0.05) is 43.2 Å². The van der Waals surface area contributed by atoms with E-state index in [1.54, 1.807) is 0 Å². The average Bonchev–Trinajstić information content (AvgIpc) is 2.83. The summed E-state index contributed by atoms with van der Waals surface area (Å²) >= 11 is 0. The van der Waals surface area contributed by atoms with Gasteiger partial charge in [0.05, 0.1) is 0 Å². The third-order valence-corrected chi connectivity index (χ3v) is 4.18. The Balaban J connectivity index is 1.58. The third kappa shape index (κ3) is 3.68. The maximum atomic E-state index is 11.5. The van der Waals surface area contributed by atoms with Gasteiger partial charge in [-0.25, -0.2) is 0 Å². The van der Waals surface area contributed by atoms with Crippen LogP contribution >= 0.6 is 0 Å². The molecule has 0 saturated carbocycles. The second kappa shape index (κ2) is 6.92. The fraction of sp³-hybridized carbons (Fsp3) is 0.412. The van der Waals surface area contributed by atoms with Gasteiger partial charge in [-0.3, -0.25) is 15.1 Å². The molecule has 3 rings (SSSR count). The Morgan fingerprint density at radius 1 is 1.46 bits per heavy atom. The van der Waals surface area contributed by atoms with Crippen molar-refractivity contribution in [1.29, 1.82) is 0 Å². The van der Waals surface area contributed by atoms with Crippen molar-refractivity contribution in [3.63, 3.8) is 0 Å². The van der Waals surface area contributed by atoms with Gasteiger partial charge < -0.3 is 20.9 Å². The lowest BCUT2D eigenvalue weighted by Crippen LogP contribution is -2.64. The highest BCUT2D eigenvalue weighted by atomic mass is 16.2. The summed E-state index contributed by atoms with van der Waals surface area (Å²) in [6.07, 6.45) is 3.04. The zero-order valence-corrected chi connectivity index (χ0v) is 14.0. The number of hydrogen-bond acceptors (Lipinski definition) is 3. The zero-order valence-electron chi connectivity index (χ0n) is 14.0. The molecule has 1 fully saturated rings. The molecular formula is C17H24N6O. The molecule has 128 valence electrons. The molecule has 1 aliphatic rings. The van der Waals surface area contributed by atoms with E-state index in [-0.39, 0.29) is 18.2 Å². The molecule has 1 aromatic carbocycles. The van der Waals surface area contributed by atoms with Crippen molar-refractivity contribution < 1.29 is 4.79 Å². The number of nitrogens with zero attached hydrogens (tertiary/aromatic N) is 2. The molecule has 1 aromatic heterocycles. The first-order valence-electron chi connectivity index (χ1n) is 8.18. The quantitative estimate of drug-likeness (QED) is 0.483. The van der Waals surface area contributed by atoms with Crippen LogP contribution in [-0.4, -0.2) is 35.3 Å². The summed E-state index contributed by atoms with van der Waals surface area (Å²) < 4.78 is 2.12. The van der Waals surface area contributed by atoms with E-state index in [0.29, 0.717) is 18.9 Å². The maximum absolute atomic E-state index is 11.5. The Hall–Kier alpha value is -2.54. The van der Waals surface area contributed by atoms with E-state index in [1.165, 1.54) is 16.5 Å². The summed E-state index contributed by atoms with van der Waals surface area (Å²) in [5.74, 6) is 0.324. The molecule has 5 N–H and O–H groups in total. The lowest BCUT2D eigenvalue weighted by Gasteiger charge is -2.30. The summed E-state index contributed by atoms with van der Waals surface area (Å²) in [6.45, 7) is 2.55. The third-order valence-electron chi connectivity index (χ3n) is 4.18. The summed E-state index contributed by atoms with van der Waals surface area (Å²) in [5.41, 5.74) is 8.39. The number of rotatable bonds is 4. The number of nitrogens with two attached hydrogens (primary N) is 1. The first kappa shape index (κ1) is 16.3. The molecule has 1 aliphatic heterocycles. The van der Waals surface area contributed by atoms with E-state index < -0.39 is 0 Å². The number of amides is 1. The second-order valence-corrected chi connectivity index (χ2v) is 6.22. The predicted molar refractivity (Wildman–Crippen MR) is 95.4 cm³/mol. The van der Waals surface area contributed by atoms with Crippen LogP contribution < -0.4 is 21.7 Å². The monoisotopic (exact) mass is 328 g/mol. The molecular weight excluding hydrogens is 304 g/mol. The molecule has 1 saturated heterocycles. The number of carbonyl (C=O) groups is 1. The highest BCUT2D eigenvalue weighted by Crippen LogP contribution is 2.20. The molecule has 0 aliphatic carbocycles. The number of benzene rings is 1. The fourth-order valence-electron chi connectivity index (χ4n) is 3.08. The molecule has 2 atom stereocenters. The van der Waals surface area contributed by atoms with Crippen LogP contribution in [0.5, 0.6) is 0 Å². The largest absolute Gasteiger partial charge is 0.370 e. The summed E-state index contributed by atoms with van der Waals surface area (Å²) in [7, 11) is 2.05. The van der Waals surface area contributed by atoms with Gasteiger partial charge in [-0.1, -0.05) is 18.2 Å². The van der Waals surface area contributed by atoms with Crippen molar-refractivity contribution in [3.8, 4) is 0 Å². The molecule has 2 aromatic rings. The van der Waals surface area contributed by atoms with Gasteiger partial charge in [0.25, 0.3) is 0 Å². The van der Waals surface area contributed by atoms with Crippen molar-refractivity contribution in [2.24, 2.45) is 17.8 Å². The summed E-state index contributed by atoms with van der Waals surface area (Å²) in [5, 5.41) is 10.2. The van der Waals surface area contributed by atoms with Crippen molar-refractivity contribution in [1.82, 2.24) is 20.5 Å². The molecule has 2 unspecified atom stereocenters. The van der Waals surface area contributed by atoms with E-state index in [9.17, 15) is 4.79 Å². The number of fused-ring (bicyclic) bond motifs is 1. The van der Waals surface area contributed by atoms with E-state index in [1.807, 2.05) is 26.1 Å². The van der Waals surface area contributed by atoms with Gasteiger partial charge in [-0.2, -0.15) is 0 Å². The maximum Gasteiger partial charge on any atom is 0.224 e. The van der Waals surface area contributed by atoms with Crippen LogP contribution in [0.1, 0.15) is 18.9 Å². The fourth-order valence-corrected chi connectivity index (χ4v) is 3.08. The molecule has 2 heterocycles. The predicted octanol–water partition coefficient (Wildman–Crippen LogP) is 0.407. The number of para-hydroxylation sites is 1. The Morgan fingerprint density at radius 2 is 2.25 bits per heavy atom. The van der Waals surface area contributed by atoms with Gasteiger partial charge in [-0.05, 0) is 25.0 Å². The van der Waals surface area contributed by atoms with Crippen LogP contribution in [0.15, 0.2) is 35.5 Å². The van der Waals surface area contributed by atoms with Gasteiger partial charge in [0.1, 0.15) is 0 Å². The van der Waals surface area contributed by atoms with E-state index in [4.69, 9.17) is 5.73 Å². The van der Waals surface area contributed by atoms with E-state index in [2.05, 4.69) is 43.8 Å².